The van der Waals surface area contributed by atoms with Crippen LogP contribution in [0.15, 0.2) is 34.1 Å². The van der Waals surface area contributed by atoms with Crippen molar-refractivity contribution in [3.05, 3.63) is 39.1 Å². The van der Waals surface area contributed by atoms with E-state index in [9.17, 15) is 18.9 Å². The van der Waals surface area contributed by atoms with Crippen molar-refractivity contribution in [1.82, 2.24) is 20.1 Å². The molecule has 0 unspecified atom stereocenters. The molecule has 0 aliphatic carbocycles. The van der Waals surface area contributed by atoms with E-state index in [2.05, 4.69) is 26.2 Å². The lowest BCUT2D eigenvalue weighted by molar-refractivity contribution is -0.134. The Kier molecular flexibility index (Phi) is 12.6. The molecular formula is C26H36BrN4O7PS. The number of ether oxygens (including phenoxy) is 1. The van der Waals surface area contributed by atoms with Gasteiger partial charge in [0.05, 0.1) is 35.5 Å². The van der Waals surface area contributed by atoms with Crippen LogP contribution in [0.2, 0.25) is 0 Å². The fraction of sp³-hybridized carbons (Fsp3) is 0.538. The van der Waals surface area contributed by atoms with Gasteiger partial charge < -0.3 is 28.9 Å². The molecule has 14 heteroatoms. The third kappa shape index (κ3) is 8.84. The summed E-state index contributed by atoms with van der Waals surface area (Å²) < 4.78 is 30.2. The number of carbonyl (C=O) groups excluding carboxylic acids is 3. The number of thiazole rings is 1. The number of benzene rings is 1. The van der Waals surface area contributed by atoms with Crippen molar-refractivity contribution in [3.8, 4) is 11.3 Å². The van der Waals surface area contributed by atoms with Crippen LogP contribution in [0, 0.1) is 0 Å². The first-order chi connectivity index (χ1) is 19.2. The molecule has 1 aromatic carbocycles. The lowest BCUT2D eigenvalue weighted by Gasteiger charge is -2.36. The smallest absolute Gasteiger partial charge is 0.409 e. The Hall–Kier alpha value is -2.31. The zero-order valence-electron chi connectivity index (χ0n) is 23.0. The Labute approximate surface area is 247 Å². The molecule has 3 rings (SSSR count). The summed E-state index contributed by atoms with van der Waals surface area (Å²) in [7, 11) is -3.70. The zero-order chi connectivity index (χ0) is 29.1. The summed E-state index contributed by atoms with van der Waals surface area (Å²) in [5.74, 6) is -1.02. The topological polar surface area (TPSA) is 127 Å². The first kappa shape index (κ1) is 32.2. The third-order valence-corrected chi connectivity index (χ3v) is 9.88. The summed E-state index contributed by atoms with van der Waals surface area (Å²) in [6, 6.07) is 8.21. The number of amides is 3. The molecule has 1 aliphatic rings. The van der Waals surface area contributed by atoms with Crippen LogP contribution in [0.1, 0.15) is 43.4 Å². The van der Waals surface area contributed by atoms with Crippen LogP contribution in [0.3, 0.4) is 0 Å². The van der Waals surface area contributed by atoms with Crippen molar-refractivity contribution in [2.75, 3.05) is 52.2 Å². The summed E-state index contributed by atoms with van der Waals surface area (Å²) in [5, 5.41) is 2.87. The second-order valence-electron chi connectivity index (χ2n) is 8.94. The van der Waals surface area contributed by atoms with Gasteiger partial charge in [-0.3, -0.25) is 14.2 Å². The molecule has 0 spiro atoms. The Morgan fingerprint density at radius 1 is 1.05 bits per heavy atom. The quantitative estimate of drug-likeness (QED) is 0.235. The first-order valence-corrected chi connectivity index (χ1v) is 16.7. The Morgan fingerprint density at radius 3 is 2.27 bits per heavy atom. The highest BCUT2D eigenvalue weighted by molar-refractivity contribution is 9.11. The minimum absolute atomic E-state index is 0.116. The molecule has 1 fully saturated rings. The van der Waals surface area contributed by atoms with Gasteiger partial charge in [0, 0.05) is 31.7 Å². The molecular weight excluding hydrogens is 623 g/mol. The predicted octanol–water partition coefficient (Wildman–Crippen LogP) is 5.02. The van der Waals surface area contributed by atoms with Crippen molar-refractivity contribution in [2.45, 2.75) is 39.7 Å². The molecule has 0 bridgehead atoms. The van der Waals surface area contributed by atoms with Gasteiger partial charge in [0.2, 0.25) is 5.91 Å². The van der Waals surface area contributed by atoms with E-state index in [-0.39, 0.29) is 50.6 Å². The van der Waals surface area contributed by atoms with Gasteiger partial charge in [0.1, 0.15) is 6.04 Å². The van der Waals surface area contributed by atoms with Crippen molar-refractivity contribution in [2.24, 2.45) is 0 Å². The number of halogens is 1. The first-order valence-electron chi connectivity index (χ1n) is 13.3. The molecule has 2 aromatic rings. The van der Waals surface area contributed by atoms with Crippen LogP contribution >= 0.6 is 34.9 Å². The lowest BCUT2D eigenvalue weighted by atomic mass is 10.2. The number of piperazine rings is 1. The predicted molar refractivity (Wildman–Crippen MR) is 157 cm³/mol. The Bertz CT molecular complexity index is 1180. The standard InChI is InChI=1S/C26H36BrN4O7PS/c1-4-7-17-36-26(34)31-15-13-30(14-16-31)25(33)20(18-39(35,37-5-2)38-6-3)28-23(32)24-29-21(22(27)40-24)19-11-9-8-10-12-19/h8-12,20H,4-7,13-18H2,1-3H3,(H,28,32)/t20-/m0/s1. The molecule has 1 aromatic heterocycles. The molecule has 40 heavy (non-hydrogen) atoms. The number of aromatic nitrogens is 1. The van der Waals surface area contributed by atoms with Crippen LogP contribution in [-0.2, 0) is 23.1 Å². The van der Waals surface area contributed by atoms with Crippen molar-refractivity contribution in [3.63, 3.8) is 0 Å². The van der Waals surface area contributed by atoms with E-state index in [4.69, 9.17) is 13.8 Å². The fourth-order valence-corrected chi connectivity index (χ4v) is 7.33. The molecule has 1 N–H and O–H groups in total. The molecule has 3 amide bonds. The molecule has 1 aliphatic heterocycles. The van der Waals surface area contributed by atoms with Crippen molar-refractivity contribution in [1.29, 1.82) is 0 Å². The van der Waals surface area contributed by atoms with E-state index in [1.165, 1.54) is 4.90 Å². The van der Waals surface area contributed by atoms with Gasteiger partial charge >= 0.3 is 13.7 Å². The second kappa shape index (κ2) is 15.6. The second-order valence-corrected chi connectivity index (χ2v) is 13.4. The van der Waals surface area contributed by atoms with E-state index in [0.717, 1.165) is 29.7 Å². The monoisotopic (exact) mass is 658 g/mol. The summed E-state index contributed by atoms with van der Waals surface area (Å²) in [4.78, 5) is 46.8. The summed E-state index contributed by atoms with van der Waals surface area (Å²) in [6.07, 6.45) is 0.956. The lowest BCUT2D eigenvalue weighted by Crippen LogP contribution is -2.56. The number of nitrogens with zero attached hydrogens (tertiary/aromatic N) is 3. The highest BCUT2D eigenvalue weighted by Gasteiger charge is 2.37. The average Bonchev–Trinajstić information content (AvgIpc) is 3.35. The zero-order valence-corrected chi connectivity index (χ0v) is 26.3. The highest BCUT2D eigenvalue weighted by Crippen LogP contribution is 2.48. The van der Waals surface area contributed by atoms with E-state index in [0.29, 0.717) is 16.1 Å². The van der Waals surface area contributed by atoms with Gasteiger partial charge in [0.15, 0.2) is 5.01 Å². The van der Waals surface area contributed by atoms with Crippen LogP contribution in [0.5, 0.6) is 0 Å². The minimum Gasteiger partial charge on any atom is -0.449 e. The van der Waals surface area contributed by atoms with Crippen LogP contribution < -0.4 is 5.32 Å². The van der Waals surface area contributed by atoms with E-state index < -0.39 is 31.5 Å². The average molecular weight is 660 g/mol. The fourth-order valence-electron chi connectivity index (χ4n) is 4.06. The molecule has 0 radical (unpaired) electrons. The molecule has 0 saturated carbocycles. The normalized spacial score (nSPS) is 14.6. The number of hydrogen-bond donors (Lipinski definition) is 1. The van der Waals surface area contributed by atoms with Gasteiger partial charge in [-0.05, 0) is 36.2 Å². The molecule has 11 nitrogen and oxygen atoms in total. The maximum Gasteiger partial charge on any atom is 0.409 e. The minimum atomic E-state index is -3.70. The van der Waals surface area contributed by atoms with Crippen LogP contribution in [0.4, 0.5) is 4.79 Å². The van der Waals surface area contributed by atoms with Crippen molar-refractivity contribution < 1.29 is 32.7 Å². The maximum absolute atomic E-state index is 13.7. The maximum atomic E-state index is 13.7. The summed E-state index contributed by atoms with van der Waals surface area (Å²) in [6.45, 7) is 7.00. The molecule has 220 valence electrons. The van der Waals surface area contributed by atoms with E-state index in [1.807, 2.05) is 37.3 Å². The van der Waals surface area contributed by atoms with Crippen LogP contribution in [-0.4, -0.2) is 90.9 Å². The summed E-state index contributed by atoms with van der Waals surface area (Å²) >= 11 is 4.62. The number of carbonyl (C=O) groups is 3. The SMILES string of the molecule is CCCCOC(=O)N1CCN(C(=O)[C@H](CP(=O)(OCC)OCC)NC(=O)c2nc(-c3ccccc3)c(Br)s2)CC1. The molecule has 2 heterocycles. The van der Waals surface area contributed by atoms with Gasteiger partial charge in [0.25, 0.3) is 5.91 Å². The van der Waals surface area contributed by atoms with Crippen molar-refractivity contribution >= 4 is 52.8 Å². The van der Waals surface area contributed by atoms with E-state index in [1.54, 1.807) is 18.7 Å². The van der Waals surface area contributed by atoms with Gasteiger partial charge in [-0.25, -0.2) is 9.78 Å². The van der Waals surface area contributed by atoms with Crippen LogP contribution in [0.25, 0.3) is 11.3 Å². The van der Waals surface area contributed by atoms with Gasteiger partial charge in [-0.1, -0.05) is 43.7 Å². The molecule has 1 saturated heterocycles. The number of rotatable bonds is 13. The Balaban J connectivity index is 1.76. The number of unbranched alkanes of at least 4 members (excludes halogenated alkanes) is 1. The van der Waals surface area contributed by atoms with Gasteiger partial charge in [-0.2, -0.15) is 0 Å². The number of hydrogen-bond acceptors (Lipinski definition) is 9. The number of nitrogens with one attached hydrogen (secondary N) is 1. The third-order valence-electron chi connectivity index (χ3n) is 6.06. The van der Waals surface area contributed by atoms with Gasteiger partial charge in [-0.15, -0.1) is 11.3 Å². The molecule has 1 atom stereocenters. The summed E-state index contributed by atoms with van der Waals surface area (Å²) in [5.41, 5.74) is 1.44. The van der Waals surface area contributed by atoms with E-state index >= 15 is 0 Å². The highest BCUT2D eigenvalue weighted by atomic mass is 79.9. The Morgan fingerprint density at radius 2 is 1.68 bits per heavy atom. The largest absolute Gasteiger partial charge is 0.449 e.